The van der Waals surface area contributed by atoms with E-state index in [9.17, 15) is 4.79 Å². The van der Waals surface area contributed by atoms with Crippen molar-refractivity contribution in [2.75, 3.05) is 0 Å². The molecular formula is C13H14N2O. The van der Waals surface area contributed by atoms with Gasteiger partial charge in [0, 0.05) is 0 Å². The number of benzene rings is 1. The van der Waals surface area contributed by atoms with Crippen LogP contribution in [0.25, 0.3) is 11.0 Å². The molecule has 0 unspecified atom stereocenters. The Morgan fingerprint density at radius 1 is 1.38 bits per heavy atom. The number of carbonyl (C=O) groups is 1. The van der Waals surface area contributed by atoms with Crippen LogP contribution in [0.2, 0.25) is 0 Å². The summed E-state index contributed by atoms with van der Waals surface area (Å²) in [6, 6.07) is 7.80. The lowest BCUT2D eigenvalue weighted by Gasteiger charge is -2.00. The summed E-state index contributed by atoms with van der Waals surface area (Å²) in [7, 11) is 0. The van der Waals surface area contributed by atoms with Crippen molar-refractivity contribution in [3.05, 3.63) is 42.2 Å². The summed E-state index contributed by atoms with van der Waals surface area (Å²) in [6.45, 7) is 4.19. The molecule has 3 heteroatoms. The van der Waals surface area contributed by atoms with Gasteiger partial charge >= 0.3 is 0 Å². The average Bonchev–Trinajstić information content (AvgIpc) is 2.61. The van der Waals surface area contributed by atoms with Crippen molar-refractivity contribution in [3.8, 4) is 0 Å². The molecule has 0 fully saturated rings. The zero-order valence-corrected chi connectivity index (χ0v) is 9.47. The summed E-state index contributed by atoms with van der Waals surface area (Å²) >= 11 is 0. The first-order valence-corrected chi connectivity index (χ1v) is 5.24. The molecule has 16 heavy (non-hydrogen) atoms. The van der Waals surface area contributed by atoms with Gasteiger partial charge in [0.25, 0.3) is 0 Å². The zero-order valence-electron chi connectivity index (χ0n) is 9.47. The predicted molar refractivity (Wildman–Crippen MR) is 64.2 cm³/mol. The van der Waals surface area contributed by atoms with E-state index in [1.54, 1.807) is 12.4 Å². The highest BCUT2D eigenvalue weighted by atomic mass is 16.1. The minimum atomic E-state index is 0.100. The number of hydrogen-bond acceptors (Lipinski definition) is 2. The fraction of sp³-hybridized carbons (Fsp3) is 0.231. The Labute approximate surface area is 94.4 Å². The van der Waals surface area contributed by atoms with Gasteiger partial charge in [0.2, 0.25) is 0 Å². The van der Waals surface area contributed by atoms with Gasteiger partial charge in [-0.25, -0.2) is 4.98 Å². The van der Waals surface area contributed by atoms with Crippen LogP contribution in [-0.4, -0.2) is 15.3 Å². The number of ketones is 1. The predicted octanol–water partition coefficient (Wildman–Crippen LogP) is 2.57. The van der Waals surface area contributed by atoms with Gasteiger partial charge in [-0.2, -0.15) is 0 Å². The Morgan fingerprint density at radius 2 is 2.12 bits per heavy atom. The largest absolute Gasteiger partial charge is 0.323 e. The monoisotopic (exact) mass is 214 g/mol. The van der Waals surface area contributed by atoms with Crippen molar-refractivity contribution in [3.63, 3.8) is 0 Å². The van der Waals surface area contributed by atoms with Crippen molar-refractivity contribution in [1.29, 1.82) is 0 Å². The molecule has 0 spiro atoms. The van der Waals surface area contributed by atoms with Crippen LogP contribution in [0.5, 0.6) is 0 Å². The van der Waals surface area contributed by atoms with E-state index in [4.69, 9.17) is 0 Å². The smallest absolute Gasteiger partial charge is 0.175 e. The van der Waals surface area contributed by atoms with E-state index in [1.807, 2.05) is 42.7 Å². The molecule has 1 aromatic heterocycles. The second kappa shape index (κ2) is 4.31. The number of rotatable bonds is 3. The van der Waals surface area contributed by atoms with Gasteiger partial charge in [-0.05, 0) is 32.1 Å². The number of aromatic nitrogens is 2. The Kier molecular flexibility index (Phi) is 2.86. The Bertz CT molecular complexity index is 548. The molecule has 2 aromatic rings. The third kappa shape index (κ3) is 2.19. The number of nitrogens with zero attached hydrogens (tertiary/aromatic N) is 2. The van der Waals surface area contributed by atoms with Crippen LogP contribution in [0.3, 0.4) is 0 Å². The highest BCUT2D eigenvalue weighted by Crippen LogP contribution is 2.11. The highest BCUT2D eigenvalue weighted by molar-refractivity contribution is 5.91. The van der Waals surface area contributed by atoms with Crippen molar-refractivity contribution in [2.24, 2.45) is 0 Å². The molecule has 0 bridgehead atoms. The minimum absolute atomic E-state index is 0.100. The molecule has 0 saturated carbocycles. The number of fused-ring (bicyclic) bond motifs is 1. The van der Waals surface area contributed by atoms with Crippen LogP contribution >= 0.6 is 0 Å². The van der Waals surface area contributed by atoms with E-state index < -0.39 is 0 Å². The molecule has 0 radical (unpaired) electrons. The molecular weight excluding hydrogens is 200 g/mol. The van der Waals surface area contributed by atoms with Crippen molar-refractivity contribution < 1.29 is 4.79 Å². The molecule has 0 aliphatic rings. The van der Waals surface area contributed by atoms with E-state index in [-0.39, 0.29) is 5.78 Å². The number of hydrogen-bond donors (Lipinski definition) is 0. The van der Waals surface area contributed by atoms with Crippen LogP contribution in [-0.2, 0) is 11.3 Å². The quantitative estimate of drug-likeness (QED) is 0.736. The van der Waals surface area contributed by atoms with E-state index in [0.29, 0.717) is 6.54 Å². The number of carbonyl (C=O) groups excluding carboxylic acids is 1. The number of allylic oxidation sites excluding steroid dienone is 2. The first-order chi connectivity index (χ1) is 7.66. The second-order valence-corrected chi connectivity index (χ2v) is 4.05. The van der Waals surface area contributed by atoms with Crippen LogP contribution in [0.15, 0.2) is 42.2 Å². The van der Waals surface area contributed by atoms with Gasteiger partial charge in [-0.3, -0.25) is 4.79 Å². The Morgan fingerprint density at radius 3 is 2.88 bits per heavy atom. The summed E-state index contributed by atoms with van der Waals surface area (Å²) in [6.07, 6.45) is 3.37. The lowest BCUT2D eigenvalue weighted by molar-refractivity contribution is -0.115. The molecule has 1 heterocycles. The molecule has 0 N–H and O–H groups in total. The fourth-order valence-corrected chi connectivity index (χ4v) is 1.67. The summed E-state index contributed by atoms with van der Waals surface area (Å²) in [5.41, 5.74) is 2.94. The van der Waals surface area contributed by atoms with Gasteiger partial charge in [0.15, 0.2) is 5.78 Å². The number of imidazole rings is 1. The van der Waals surface area contributed by atoms with Crippen molar-refractivity contribution in [2.45, 2.75) is 20.4 Å². The standard InChI is InChI=1S/C13H14N2O/c1-10(2)7-11(16)8-15-9-14-12-5-3-4-6-13(12)15/h3-7,9H,8H2,1-2H3. The maximum atomic E-state index is 11.6. The molecule has 0 saturated heterocycles. The topological polar surface area (TPSA) is 34.9 Å². The van der Waals surface area contributed by atoms with Gasteiger partial charge in [0.1, 0.15) is 0 Å². The maximum absolute atomic E-state index is 11.6. The summed E-state index contributed by atoms with van der Waals surface area (Å²) in [5.74, 6) is 0.100. The van der Waals surface area contributed by atoms with Gasteiger partial charge < -0.3 is 4.57 Å². The van der Waals surface area contributed by atoms with Gasteiger partial charge in [-0.1, -0.05) is 17.7 Å². The van der Waals surface area contributed by atoms with E-state index in [1.165, 1.54) is 0 Å². The van der Waals surface area contributed by atoms with Crippen molar-refractivity contribution >= 4 is 16.8 Å². The third-order valence-electron chi connectivity index (χ3n) is 2.30. The van der Waals surface area contributed by atoms with Gasteiger partial charge in [-0.15, -0.1) is 0 Å². The van der Waals surface area contributed by atoms with E-state index in [0.717, 1.165) is 16.6 Å². The first-order valence-electron chi connectivity index (χ1n) is 5.24. The van der Waals surface area contributed by atoms with Gasteiger partial charge in [0.05, 0.1) is 23.9 Å². The molecule has 3 nitrogen and oxygen atoms in total. The van der Waals surface area contributed by atoms with Crippen molar-refractivity contribution in [1.82, 2.24) is 9.55 Å². The Balaban J connectivity index is 2.28. The summed E-state index contributed by atoms with van der Waals surface area (Å²) in [5, 5.41) is 0. The second-order valence-electron chi connectivity index (χ2n) is 4.05. The maximum Gasteiger partial charge on any atom is 0.175 e. The van der Waals surface area contributed by atoms with Crippen LogP contribution in [0.4, 0.5) is 0 Å². The normalized spacial score (nSPS) is 10.4. The van der Waals surface area contributed by atoms with Crippen LogP contribution < -0.4 is 0 Å². The van der Waals surface area contributed by atoms with E-state index in [2.05, 4.69) is 4.98 Å². The van der Waals surface area contributed by atoms with Crippen LogP contribution in [0.1, 0.15) is 13.8 Å². The summed E-state index contributed by atoms with van der Waals surface area (Å²) in [4.78, 5) is 15.9. The molecule has 0 aliphatic heterocycles. The SMILES string of the molecule is CC(C)=CC(=O)Cn1cnc2ccccc21. The molecule has 2 rings (SSSR count). The third-order valence-corrected chi connectivity index (χ3v) is 2.30. The molecule has 1 aromatic carbocycles. The zero-order chi connectivity index (χ0) is 11.5. The fourth-order valence-electron chi connectivity index (χ4n) is 1.67. The molecule has 82 valence electrons. The Hall–Kier alpha value is -1.90. The van der Waals surface area contributed by atoms with E-state index >= 15 is 0 Å². The van der Waals surface area contributed by atoms with Crippen LogP contribution in [0, 0.1) is 0 Å². The lowest BCUT2D eigenvalue weighted by atomic mass is 10.2. The minimum Gasteiger partial charge on any atom is -0.323 e. The summed E-state index contributed by atoms with van der Waals surface area (Å²) < 4.78 is 1.87. The number of para-hydroxylation sites is 2. The molecule has 0 amide bonds. The first kappa shape index (κ1) is 10.6. The molecule has 0 aliphatic carbocycles. The molecule has 0 atom stereocenters. The average molecular weight is 214 g/mol. The lowest BCUT2D eigenvalue weighted by Crippen LogP contribution is -2.06. The highest BCUT2D eigenvalue weighted by Gasteiger charge is 2.04.